The van der Waals surface area contributed by atoms with E-state index in [1.54, 1.807) is 35.3 Å². The standard InChI is InChI=1S/C10H12N6/c11-6-2-4-16(5-8(6)13)10-9(14)7(12)1-3-15-10/h1-5,11H,13-14H2,(H2,12,15)/p+1. The first-order valence-electron chi connectivity index (χ1n) is 4.66. The third-order valence-corrected chi connectivity index (χ3v) is 2.27. The number of aromatic nitrogens is 2. The summed E-state index contributed by atoms with van der Waals surface area (Å²) in [6.45, 7) is 0. The molecule has 2 aromatic rings. The van der Waals surface area contributed by atoms with Crippen molar-refractivity contribution in [3.63, 3.8) is 0 Å². The number of rotatable bonds is 1. The van der Waals surface area contributed by atoms with Gasteiger partial charge in [-0.15, -0.1) is 0 Å². The lowest BCUT2D eigenvalue weighted by Crippen LogP contribution is -2.33. The van der Waals surface area contributed by atoms with Gasteiger partial charge < -0.3 is 22.9 Å². The Kier molecular flexibility index (Phi) is 2.24. The highest BCUT2D eigenvalue weighted by atomic mass is 15.1. The highest BCUT2D eigenvalue weighted by Gasteiger charge is 2.15. The summed E-state index contributed by atoms with van der Waals surface area (Å²) in [7, 11) is 0. The summed E-state index contributed by atoms with van der Waals surface area (Å²) >= 11 is 0. The topological polar surface area (TPSA) is 121 Å². The number of nitrogens with two attached hydrogens (primary N) is 4. The summed E-state index contributed by atoms with van der Waals surface area (Å²) in [6.07, 6.45) is 4.96. The van der Waals surface area contributed by atoms with Crippen molar-refractivity contribution in [2.75, 3.05) is 22.9 Å². The molecule has 0 atom stereocenters. The normalized spacial score (nSPS) is 10.2. The molecule has 16 heavy (non-hydrogen) atoms. The van der Waals surface area contributed by atoms with Gasteiger partial charge in [0, 0.05) is 12.1 Å². The molecule has 2 heterocycles. The maximum absolute atomic E-state index is 5.82. The van der Waals surface area contributed by atoms with Crippen LogP contribution in [-0.4, -0.2) is 4.98 Å². The lowest BCUT2D eigenvalue weighted by atomic mass is 10.3. The molecule has 0 amide bonds. The molecule has 0 saturated heterocycles. The first-order valence-corrected chi connectivity index (χ1v) is 4.66. The van der Waals surface area contributed by atoms with E-state index in [9.17, 15) is 0 Å². The lowest BCUT2D eigenvalue weighted by Gasteiger charge is -2.03. The van der Waals surface area contributed by atoms with Gasteiger partial charge in [-0.05, 0) is 4.98 Å². The highest BCUT2D eigenvalue weighted by Crippen LogP contribution is 2.17. The molecule has 6 heteroatoms. The van der Waals surface area contributed by atoms with E-state index < -0.39 is 0 Å². The Morgan fingerprint density at radius 3 is 2.38 bits per heavy atom. The van der Waals surface area contributed by atoms with Gasteiger partial charge in [0.15, 0.2) is 5.69 Å². The first-order chi connectivity index (χ1) is 7.59. The maximum atomic E-state index is 5.82. The van der Waals surface area contributed by atoms with Crippen LogP contribution in [0.1, 0.15) is 0 Å². The van der Waals surface area contributed by atoms with Crippen LogP contribution in [-0.2, 0) is 0 Å². The van der Waals surface area contributed by atoms with E-state index in [1.165, 1.54) is 0 Å². The molecule has 8 N–H and O–H groups in total. The number of hydrogen-bond donors (Lipinski definition) is 4. The molecule has 2 aromatic heterocycles. The van der Waals surface area contributed by atoms with Crippen molar-refractivity contribution in [2.45, 2.75) is 0 Å². The van der Waals surface area contributed by atoms with Crippen LogP contribution < -0.4 is 27.5 Å². The largest absolute Gasteiger partial charge is 0.397 e. The predicted octanol–water partition coefficient (Wildman–Crippen LogP) is -0.313. The van der Waals surface area contributed by atoms with Gasteiger partial charge in [0.1, 0.15) is 12.4 Å². The molecule has 0 aliphatic carbocycles. The zero-order chi connectivity index (χ0) is 11.7. The molecule has 82 valence electrons. The van der Waals surface area contributed by atoms with Gasteiger partial charge in [-0.1, -0.05) is 0 Å². The molecule has 0 bridgehead atoms. The van der Waals surface area contributed by atoms with Gasteiger partial charge in [-0.25, -0.2) is 0 Å². The summed E-state index contributed by atoms with van der Waals surface area (Å²) in [5.41, 5.74) is 24.7. The molecule has 0 radical (unpaired) electrons. The van der Waals surface area contributed by atoms with Crippen molar-refractivity contribution in [1.82, 2.24) is 4.98 Å². The van der Waals surface area contributed by atoms with Crippen LogP contribution in [0.3, 0.4) is 0 Å². The molecule has 0 aliphatic heterocycles. The summed E-state index contributed by atoms with van der Waals surface area (Å²) in [4.78, 5) is 4.14. The zero-order valence-electron chi connectivity index (χ0n) is 8.59. The number of nitrogen functional groups attached to an aromatic ring is 4. The van der Waals surface area contributed by atoms with Crippen LogP contribution in [0.4, 0.5) is 22.7 Å². The van der Waals surface area contributed by atoms with Crippen LogP contribution in [0.25, 0.3) is 5.82 Å². The molecule has 0 aliphatic rings. The van der Waals surface area contributed by atoms with E-state index >= 15 is 0 Å². The minimum Gasteiger partial charge on any atom is -0.397 e. The van der Waals surface area contributed by atoms with Gasteiger partial charge in [-0.2, -0.15) is 4.57 Å². The maximum Gasteiger partial charge on any atom is 0.352 e. The van der Waals surface area contributed by atoms with E-state index in [-0.39, 0.29) is 0 Å². The number of nitrogens with zero attached hydrogens (tertiary/aromatic N) is 2. The molecule has 0 fully saturated rings. The Labute approximate surface area is 92.5 Å². The molecule has 0 spiro atoms. The number of hydrogen-bond acceptors (Lipinski definition) is 5. The van der Waals surface area contributed by atoms with Crippen molar-refractivity contribution in [1.29, 1.82) is 0 Å². The predicted molar refractivity (Wildman–Crippen MR) is 63.4 cm³/mol. The Morgan fingerprint density at radius 1 is 0.938 bits per heavy atom. The van der Waals surface area contributed by atoms with Crippen molar-refractivity contribution >= 4 is 22.7 Å². The molecule has 0 aromatic carbocycles. The average molecular weight is 217 g/mol. The molecule has 2 rings (SSSR count). The Hall–Kier alpha value is -2.50. The smallest absolute Gasteiger partial charge is 0.352 e. The van der Waals surface area contributed by atoms with Crippen LogP contribution in [0, 0.1) is 0 Å². The lowest BCUT2D eigenvalue weighted by molar-refractivity contribution is -0.597. The van der Waals surface area contributed by atoms with E-state index in [4.69, 9.17) is 22.9 Å². The molecular formula is C10H13N6+. The van der Waals surface area contributed by atoms with Gasteiger partial charge in [0.2, 0.25) is 0 Å². The number of anilines is 4. The fourth-order valence-corrected chi connectivity index (χ4v) is 1.34. The van der Waals surface area contributed by atoms with Crippen LogP contribution >= 0.6 is 0 Å². The molecular weight excluding hydrogens is 204 g/mol. The van der Waals surface area contributed by atoms with E-state index in [1.807, 2.05) is 0 Å². The van der Waals surface area contributed by atoms with E-state index in [0.717, 1.165) is 0 Å². The summed E-state index contributed by atoms with van der Waals surface area (Å²) < 4.78 is 1.68. The van der Waals surface area contributed by atoms with Gasteiger partial charge in [0.25, 0.3) is 0 Å². The second kappa shape index (κ2) is 3.58. The van der Waals surface area contributed by atoms with Gasteiger partial charge in [0.05, 0.1) is 23.3 Å². The minimum absolute atomic E-state index is 0.414. The summed E-state index contributed by atoms with van der Waals surface area (Å²) in [6, 6.07) is 3.32. The van der Waals surface area contributed by atoms with Crippen LogP contribution in [0.15, 0.2) is 30.7 Å². The Balaban J connectivity index is 2.59. The zero-order valence-corrected chi connectivity index (χ0v) is 8.59. The van der Waals surface area contributed by atoms with E-state index in [2.05, 4.69) is 4.98 Å². The SMILES string of the molecule is Nc1cc[n+](-c2nccc(N)c2N)cc1N. The highest BCUT2D eigenvalue weighted by molar-refractivity contribution is 5.68. The van der Waals surface area contributed by atoms with Crippen molar-refractivity contribution < 1.29 is 4.57 Å². The molecule has 0 saturated carbocycles. The minimum atomic E-state index is 0.414. The summed E-state index contributed by atoms with van der Waals surface area (Å²) in [5.74, 6) is 0.534. The monoisotopic (exact) mass is 217 g/mol. The van der Waals surface area contributed by atoms with Gasteiger partial charge >= 0.3 is 5.82 Å². The van der Waals surface area contributed by atoms with Crippen molar-refractivity contribution in [3.8, 4) is 5.82 Å². The first kappa shape index (κ1) is 10.0. The van der Waals surface area contributed by atoms with Crippen LogP contribution in [0.5, 0.6) is 0 Å². The second-order valence-electron chi connectivity index (χ2n) is 3.40. The summed E-state index contributed by atoms with van der Waals surface area (Å²) in [5, 5.41) is 0. The Morgan fingerprint density at radius 2 is 1.69 bits per heavy atom. The van der Waals surface area contributed by atoms with Crippen LogP contribution in [0.2, 0.25) is 0 Å². The van der Waals surface area contributed by atoms with Gasteiger partial charge in [-0.3, -0.25) is 0 Å². The fourth-order valence-electron chi connectivity index (χ4n) is 1.34. The fraction of sp³-hybridized carbons (Fsp3) is 0. The number of pyridine rings is 2. The molecule has 0 unspecified atom stereocenters. The quantitative estimate of drug-likeness (QED) is 0.488. The average Bonchev–Trinajstić information content (AvgIpc) is 2.26. The third kappa shape index (κ3) is 1.56. The Bertz CT molecular complexity index is 537. The van der Waals surface area contributed by atoms with Crippen molar-refractivity contribution in [3.05, 3.63) is 30.7 Å². The van der Waals surface area contributed by atoms with Crippen molar-refractivity contribution in [2.24, 2.45) is 0 Å². The second-order valence-corrected chi connectivity index (χ2v) is 3.40. The third-order valence-electron chi connectivity index (χ3n) is 2.27. The molecule has 6 nitrogen and oxygen atoms in total. The van der Waals surface area contributed by atoms with E-state index in [0.29, 0.717) is 28.6 Å².